The molecule has 0 fully saturated rings. The summed E-state index contributed by atoms with van der Waals surface area (Å²) in [5.41, 5.74) is 0.0566. The zero-order valence-electron chi connectivity index (χ0n) is 18.2. The molecule has 0 aromatic heterocycles. The molecule has 2 aromatic rings. The van der Waals surface area contributed by atoms with Crippen LogP contribution in [0.15, 0.2) is 36.4 Å². The Hall–Kier alpha value is -3.24. The quantitative estimate of drug-likeness (QED) is 0.212. The number of amides is 2. The fourth-order valence-corrected chi connectivity index (χ4v) is 3.68. The molecule has 0 bridgehead atoms. The van der Waals surface area contributed by atoms with Crippen LogP contribution >= 0.6 is 23.2 Å². The van der Waals surface area contributed by atoms with E-state index in [1.165, 1.54) is 24.3 Å². The highest BCUT2D eigenvalue weighted by Crippen LogP contribution is 2.23. The number of carbonyl (C=O) groups excluding carboxylic acids is 2. The number of unbranched alkanes of at least 4 members (excludes halogenated alkanes) is 5. The van der Waals surface area contributed by atoms with Crippen LogP contribution < -0.4 is 10.6 Å². The van der Waals surface area contributed by atoms with Gasteiger partial charge in [0.25, 0.3) is 23.2 Å². The lowest BCUT2D eigenvalue weighted by Gasteiger charge is -2.08. The molecule has 2 amide bonds. The average molecular weight is 511 g/mol. The summed E-state index contributed by atoms with van der Waals surface area (Å²) in [7, 11) is 0. The molecule has 10 nitrogen and oxygen atoms in total. The van der Waals surface area contributed by atoms with Crippen LogP contribution in [-0.4, -0.2) is 34.8 Å². The Kier molecular flexibility index (Phi) is 10.7. The number of nitrogens with zero attached hydrogens (tertiary/aromatic N) is 2. The molecule has 0 saturated carbocycles. The topological polar surface area (TPSA) is 144 Å². The first-order chi connectivity index (χ1) is 16.2. The second kappa shape index (κ2) is 13.5. The van der Waals surface area contributed by atoms with Gasteiger partial charge in [0, 0.05) is 37.4 Å². The number of rotatable bonds is 13. The van der Waals surface area contributed by atoms with Crippen molar-refractivity contribution in [2.24, 2.45) is 0 Å². The van der Waals surface area contributed by atoms with E-state index in [0.29, 0.717) is 13.1 Å². The number of nitro benzene ring substituents is 2. The van der Waals surface area contributed by atoms with Crippen LogP contribution in [0.25, 0.3) is 0 Å². The molecule has 0 unspecified atom stereocenters. The number of nitro groups is 2. The van der Waals surface area contributed by atoms with Crippen molar-refractivity contribution in [1.29, 1.82) is 0 Å². The molecule has 182 valence electrons. The molecule has 0 heterocycles. The van der Waals surface area contributed by atoms with E-state index in [4.69, 9.17) is 23.2 Å². The predicted octanol–water partition coefficient (Wildman–Crippen LogP) is 5.31. The molecule has 0 radical (unpaired) electrons. The maximum atomic E-state index is 12.1. The van der Waals surface area contributed by atoms with Gasteiger partial charge < -0.3 is 10.6 Å². The van der Waals surface area contributed by atoms with Gasteiger partial charge in [0.1, 0.15) is 0 Å². The van der Waals surface area contributed by atoms with Gasteiger partial charge in [0.05, 0.1) is 31.0 Å². The number of hydrogen-bond acceptors (Lipinski definition) is 6. The summed E-state index contributed by atoms with van der Waals surface area (Å²) in [5.74, 6) is -0.743. The van der Waals surface area contributed by atoms with Crippen LogP contribution in [0.4, 0.5) is 11.4 Å². The number of hydrogen-bond donors (Lipinski definition) is 2. The lowest BCUT2D eigenvalue weighted by Crippen LogP contribution is -2.25. The standard InChI is InChI=1S/C22H24Cl2N4O6/c23-19-13-15(27(31)32)7-9-17(19)21(29)25-11-5-3-1-2-4-6-12-26-22(30)18-10-8-16(28(33)34)14-20(18)24/h7-10,13-14H,1-6,11-12H2,(H,25,29)(H,26,30). The number of halogens is 2. The van der Waals surface area contributed by atoms with Gasteiger partial charge in [-0.1, -0.05) is 48.9 Å². The van der Waals surface area contributed by atoms with Crippen molar-refractivity contribution in [2.45, 2.75) is 38.5 Å². The second-order valence-electron chi connectivity index (χ2n) is 7.48. The maximum absolute atomic E-state index is 12.1. The summed E-state index contributed by atoms with van der Waals surface area (Å²) in [6, 6.07) is 7.46. The van der Waals surface area contributed by atoms with Gasteiger partial charge in [-0.25, -0.2) is 0 Å². The predicted molar refractivity (Wildman–Crippen MR) is 129 cm³/mol. The van der Waals surface area contributed by atoms with Gasteiger partial charge in [-0.05, 0) is 25.0 Å². The zero-order chi connectivity index (χ0) is 25.1. The van der Waals surface area contributed by atoms with Crippen molar-refractivity contribution in [3.63, 3.8) is 0 Å². The summed E-state index contributed by atoms with van der Waals surface area (Å²) in [6.45, 7) is 0.941. The molecule has 0 aliphatic carbocycles. The van der Waals surface area contributed by atoms with Crippen molar-refractivity contribution in [1.82, 2.24) is 10.6 Å². The van der Waals surface area contributed by atoms with Crippen molar-refractivity contribution in [3.8, 4) is 0 Å². The zero-order valence-corrected chi connectivity index (χ0v) is 19.7. The fourth-order valence-electron chi connectivity index (χ4n) is 3.15. The molecule has 0 atom stereocenters. The minimum absolute atomic E-state index is 0.0367. The number of benzene rings is 2. The van der Waals surface area contributed by atoms with Crippen molar-refractivity contribution in [2.75, 3.05) is 13.1 Å². The van der Waals surface area contributed by atoms with Crippen molar-refractivity contribution < 1.29 is 19.4 Å². The molecule has 0 aliphatic heterocycles. The van der Waals surface area contributed by atoms with E-state index in [9.17, 15) is 29.8 Å². The normalized spacial score (nSPS) is 10.5. The first-order valence-electron chi connectivity index (χ1n) is 10.6. The van der Waals surface area contributed by atoms with Crippen molar-refractivity contribution in [3.05, 3.63) is 77.8 Å². The minimum atomic E-state index is -0.573. The van der Waals surface area contributed by atoms with Gasteiger partial charge in [-0.15, -0.1) is 0 Å². The molecule has 2 N–H and O–H groups in total. The fraction of sp³-hybridized carbons (Fsp3) is 0.364. The third-order valence-corrected chi connectivity index (χ3v) is 5.62. The number of nitrogens with one attached hydrogen (secondary N) is 2. The molecule has 0 spiro atoms. The molecular weight excluding hydrogens is 487 g/mol. The highest BCUT2D eigenvalue weighted by molar-refractivity contribution is 6.34. The molecule has 0 aliphatic rings. The summed E-state index contributed by atoms with van der Waals surface area (Å²) < 4.78 is 0. The van der Waals surface area contributed by atoms with Gasteiger partial charge in [-0.3, -0.25) is 29.8 Å². The molecule has 2 aromatic carbocycles. The summed E-state index contributed by atoms with van der Waals surface area (Å²) in [5, 5.41) is 27.0. The molecular formula is C22H24Cl2N4O6. The van der Waals surface area contributed by atoms with Gasteiger partial charge >= 0.3 is 0 Å². The maximum Gasteiger partial charge on any atom is 0.270 e. The summed E-state index contributed by atoms with van der Waals surface area (Å²) in [6.07, 6.45) is 5.34. The number of carbonyl (C=O) groups is 2. The van der Waals surface area contributed by atoms with Crippen molar-refractivity contribution >= 4 is 46.4 Å². The smallest absolute Gasteiger partial charge is 0.270 e. The van der Waals surface area contributed by atoms with Crippen LogP contribution in [0, 0.1) is 20.2 Å². The first kappa shape index (κ1) is 27.0. The third kappa shape index (κ3) is 8.27. The molecule has 34 heavy (non-hydrogen) atoms. The highest BCUT2D eigenvalue weighted by atomic mass is 35.5. The van der Waals surface area contributed by atoms with Gasteiger partial charge in [-0.2, -0.15) is 0 Å². The van der Waals surface area contributed by atoms with Crippen LogP contribution in [0.1, 0.15) is 59.2 Å². The SMILES string of the molecule is O=C(NCCCCCCCCNC(=O)c1ccc([N+](=O)[O-])cc1Cl)c1ccc([N+](=O)[O-])cc1Cl. The van der Waals surface area contributed by atoms with Crippen LogP contribution in [0.3, 0.4) is 0 Å². The van der Waals surface area contributed by atoms with Gasteiger partial charge in [0.2, 0.25) is 0 Å². The number of non-ortho nitro benzene ring substituents is 2. The molecule has 2 rings (SSSR count). The van der Waals surface area contributed by atoms with E-state index in [2.05, 4.69) is 10.6 Å². The van der Waals surface area contributed by atoms with E-state index < -0.39 is 9.85 Å². The lowest BCUT2D eigenvalue weighted by atomic mass is 10.1. The van der Waals surface area contributed by atoms with Crippen LogP contribution in [0.2, 0.25) is 10.0 Å². The largest absolute Gasteiger partial charge is 0.352 e. The monoisotopic (exact) mass is 510 g/mol. The Balaban J connectivity index is 1.55. The van der Waals surface area contributed by atoms with E-state index in [0.717, 1.165) is 50.7 Å². The first-order valence-corrected chi connectivity index (χ1v) is 11.4. The molecule has 12 heteroatoms. The Labute approximate surface area is 205 Å². The Bertz CT molecular complexity index is 980. The van der Waals surface area contributed by atoms with E-state index >= 15 is 0 Å². The Morgan fingerprint density at radius 2 is 1.03 bits per heavy atom. The van der Waals surface area contributed by atoms with Crippen LogP contribution in [0.5, 0.6) is 0 Å². The van der Waals surface area contributed by atoms with Gasteiger partial charge in [0.15, 0.2) is 0 Å². The highest BCUT2D eigenvalue weighted by Gasteiger charge is 2.15. The summed E-state index contributed by atoms with van der Waals surface area (Å²) >= 11 is 11.9. The van der Waals surface area contributed by atoms with Crippen LogP contribution in [-0.2, 0) is 0 Å². The summed E-state index contributed by atoms with van der Waals surface area (Å²) in [4.78, 5) is 44.6. The molecule has 0 saturated heterocycles. The minimum Gasteiger partial charge on any atom is -0.352 e. The lowest BCUT2D eigenvalue weighted by molar-refractivity contribution is -0.385. The van der Waals surface area contributed by atoms with E-state index in [-0.39, 0.29) is 44.4 Å². The Morgan fingerprint density at radius 1 is 0.676 bits per heavy atom. The van der Waals surface area contributed by atoms with E-state index in [1.807, 2.05) is 0 Å². The third-order valence-electron chi connectivity index (χ3n) is 4.99. The Morgan fingerprint density at radius 3 is 1.35 bits per heavy atom. The van der Waals surface area contributed by atoms with E-state index in [1.54, 1.807) is 0 Å². The average Bonchev–Trinajstić information content (AvgIpc) is 2.79. The second-order valence-corrected chi connectivity index (χ2v) is 8.29.